The third kappa shape index (κ3) is 6.24. The number of benzene rings is 3. The van der Waals surface area contributed by atoms with Gasteiger partial charge in [0.25, 0.3) is 5.91 Å². The lowest BCUT2D eigenvalue weighted by Gasteiger charge is -2.24. The van der Waals surface area contributed by atoms with Crippen molar-refractivity contribution < 1.29 is 32.6 Å². The molecule has 0 saturated carbocycles. The van der Waals surface area contributed by atoms with Gasteiger partial charge < -0.3 is 15.2 Å². The highest BCUT2D eigenvalue weighted by atomic mass is 19.4. The van der Waals surface area contributed by atoms with Crippen LogP contribution in [0.4, 0.5) is 13.2 Å². The first-order chi connectivity index (χ1) is 16.8. The molecule has 36 heavy (non-hydrogen) atoms. The normalized spacial score (nSPS) is 12.6. The molecule has 0 fully saturated rings. The fraction of sp³-hybridized carbons (Fsp3) is 0.286. The molecule has 1 unspecified atom stereocenters. The Labute approximate surface area is 207 Å². The number of hydrogen-bond donors (Lipinski definition) is 2. The molecule has 8 heteroatoms. The van der Waals surface area contributed by atoms with Gasteiger partial charge in [-0.25, -0.2) is 4.79 Å². The molecule has 0 spiro atoms. The summed E-state index contributed by atoms with van der Waals surface area (Å²) in [6.45, 7) is 6.69. The van der Waals surface area contributed by atoms with Gasteiger partial charge in [0.1, 0.15) is 5.75 Å². The van der Waals surface area contributed by atoms with Gasteiger partial charge in [-0.3, -0.25) is 4.79 Å². The zero-order chi connectivity index (χ0) is 26.7. The van der Waals surface area contributed by atoms with Crippen LogP contribution < -0.4 is 10.1 Å². The molecule has 0 saturated heterocycles. The number of carbonyl (C=O) groups is 2. The second-order valence-electron chi connectivity index (χ2n) is 9.03. The van der Waals surface area contributed by atoms with Gasteiger partial charge in [0.05, 0.1) is 11.6 Å². The molecule has 0 aliphatic heterocycles. The Bertz CT molecular complexity index is 1230. The molecule has 0 heterocycles. The van der Waals surface area contributed by atoms with Crippen LogP contribution in [0.1, 0.15) is 60.3 Å². The predicted octanol–water partition coefficient (Wildman–Crippen LogP) is 6.80. The second kappa shape index (κ2) is 10.4. The number of carboxylic acid groups (broad SMARTS) is 1. The molecule has 0 bridgehead atoms. The van der Waals surface area contributed by atoms with E-state index in [1.165, 1.54) is 26.0 Å². The number of rotatable bonds is 8. The van der Waals surface area contributed by atoms with Crippen molar-refractivity contribution in [3.8, 4) is 16.9 Å². The molecule has 0 aliphatic carbocycles. The fourth-order valence-corrected chi connectivity index (χ4v) is 3.65. The number of ether oxygens (including phenoxy) is 1. The minimum atomic E-state index is -4.39. The summed E-state index contributed by atoms with van der Waals surface area (Å²) >= 11 is 0. The van der Waals surface area contributed by atoms with Crippen LogP contribution in [-0.2, 0) is 11.0 Å². The van der Waals surface area contributed by atoms with E-state index in [1.54, 1.807) is 36.4 Å². The smallest absolute Gasteiger partial charge is 0.416 e. The zero-order valence-electron chi connectivity index (χ0n) is 20.4. The summed E-state index contributed by atoms with van der Waals surface area (Å²) in [5, 5.41) is 12.3. The van der Waals surface area contributed by atoms with Gasteiger partial charge in [-0.1, -0.05) is 43.3 Å². The number of aryl methyl sites for hydroxylation is 1. The topological polar surface area (TPSA) is 75.6 Å². The first-order valence-electron chi connectivity index (χ1n) is 11.4. The molecule has 3 aromatic rings. The van der Waals surface area contributed by atoms with Crippen molar-refractivity contribution in [2.75, 3.05) is 0 Å². The fourth-order valence-electron chi connectivity index (χ4n) is 3.65. The van der Waals surface area contributed by atoms with E-state index in [0.29, 0.717) is 28.9 Å². The van der Waals surface area contributed by atoms with Crippen LogP contribution in [-0.4, -0.2) is 22.6 Å². The van der Waals surface area contributed by atoms with Gasteiger partial charge in [-0.15, -0.1) is 0 Å². The lowest BCUT2D eigenvalue weighted by atomic mass is 10.00. The zero-order valence-corrected chi connectivity index (χ0v) is 20.4. The molecular weight excluding hydrogens is 471 g/mol. The third-order valence-corrected chi connectivity index (χ3v) is 5.89. The highest BCUT2D eigenvalue weighted by Gasteiger charge is 2.31. The van der Waals surface area contributed by atoms with Crippen LogP contribution >= 0.6 is 0 Å². The predicted molar refractivity (Wildman–Crippen MR) is 131 cm³/mol. The van der Waals surface area contributed by atoms with Crippen LogP contribution in [0.3, 0.4) is 0 Å². The van der Waals surface area contributed by atoms with E-state index in [9.17, 15) is 27.9 Å². The second-order valence-corrected chi connectivity index (χ2v) is 9.03. The number of halogens is 3. The average molecular weight is 500 g/mol. The number of hydrogen-bond acceptors (Lipinski definition) is 3. The summed E-state index contributed by atoms with van der Waals surface area (Å²) < 4.78 is 44.0. The van der Waals surface area contributed by atoms with Crippen molar-refractivity contribution in [1.29, 1.82) is 0 Å². The largest absolute Gasteiger partial charge is 0.478 e. The number of carboxylic acids is 1. The molecule has 5 nitrogen and oxygen atoms in total. The van der Waals surface area contributed by atoms with Crippen molar-refractivity contribution in [3.63, 3.8) is 0 Å². The van der Waals surface area contributed by atoms with E-state index in [1.807, 2.05) is 19.9 Å². The molecule has 1 amide bonds. The standard InChI is InChI=1S/C28H28F3NO4/c1-5-23(21-12-15-24(17(2)16-21)36-27(3,4)26(34)35)32-25(33)20-8-6-18(7-9-20)19-10-13-22(14-11-19)28(29,30)31/h6-16,23H,5H2,1-4H3,(H,32,33)(H,34,35). The van der Waals surface area contributed by atoms with Crippen LogP contribution in [0, 0.1) is 6.92 Å². The van der Waals surface area contributed by atoms with Crippen molar-refractivity contribution in [2.24, 2.45) is 0 Å². The Balaban J connectivity index is 1.71. The molecule has 190 valence electrons. The maximum atomic E-state index is 12.9. The summed E-state index contributed by atoms with van der Waals surface area (Å²) in [5.74, 6) is -0.911. The summed E-state index contributed by atoms with van der Waals surface area (Å²) in [6, 6.07) is 16.6. The number of amides is 1. The van der Waals surface area contributed by atoms with Gasteiger partial charge in [-0.05, 0) is 79.8 Å². The van der Waals surface area contributed by atoms with Gasteiger partial charge >= 0.3 is 12.1 Å². The van der Waals surface area contributed by atoms with Crippen LogP contribution in [0.25, 0.3) is 11.1 Å². The molecule has 0 radical (unpaired) electrons. The first-order valence-corrected chi connectivity index (χ1v) is 11.4. The Morgan fingerprint density at radius 2 is 1.50 bits per heavy atom. The molecule has 1 atom stereocenters. The third-order valence-electron chi connectivity index (χ3n) is 5.89. The maximum Gasteiger partial charge on any atom is 0.416 e. The summed E-state index contributed by atoms with van der Waals surface area (Å²) in [7, 11) is 0. The van der Waals surface area contributed by atoms with Crippen molar-refractivity contribution in [2.45, 2.75) is 51.9 Å². The van der Waals surface area contributed by atoms with Gasteiger partial charge in [0.15, 0.2) is 5.60 Å². The summed E-state index contributed by atoms with van der Waals surface area (Å²) in [4.78, 5) is 24.2. The monoisotopic (exact) mass is 499 g/mol. The lowest BCUT2D eigenvalue weighted by molar-refractivity contribution is -0.152. The minimum absolute atomic E-state index is 0.285. The minimum Gasteiger partial charge on any atom is -0.478 e. The first kappa shape index (κ1) is 26.8. The highest BCUT2D eigenvalue weighted by Crippen LogP contribution is 2.31. The SMILES string of the molecule is CCC(NC(=O)c1ccc(-c2ccc(C(F)(F)F)cc2)cc1)c1ccc(OC(C)(C)C(=O)O)c(C)c1. The maximum absolute atomic E-state index is 12.9. The van der Waals surface area contributed by atoms with Gasteiger partial charge in [0.2, 0.25) is 0 Å². The van der Waals surface area contributed by atoms with Gasteiger partial charge in [0, 0.05) is 5.56 Å². The van der Waals surface area contributed by atoms with Crippen LogP contribution in [0.2, 0.25) is 0 Å². The van der Waals surface area contributed by atoms with E-state index < -0.39 is 23.3 Å². The highest BCUT2D eigenvalue weighted by molar-refractivity contribution is 5.95. The Kier molecular flexibility index (Phi) is 7.77. The molecule has 2 N–H and O–H groups in total. The van der Waals surface area contributed by atoms with Crippen LogP contribution in [0.5, 0.6) is 5.75 Å². The van der Waals surface area contributed by atoms with Crippen molar-refractivity contribution >= 4 is 11.9 Å². The number of alkyl halides is 3. The number of nitrogens with one attached hydrogen (secondary N) is 1. The summed E-state index contributed by atoms with van der Waals surface area (Å²) in [5.41, 5.74) is 1.24. The van der Waals surface area contributed by atoms with Crippen molar-refractivity contribution in [3.05, 3.63) is 89.0 Å². The Morgan fingerprint density at radius 1 is 0.944 bits per heavy atom. The lowest BCUT2D eigenvalue weighted by Crippen LogP contribution is -2.38. The summed E-state index contributed by atoms with van der Waals surface area (Å²) in [6.07, 6.45) is -3.77. The number of carbonyl (C=O) groups excluding carboxylic acids is 1. The Morgan fingerprint density at radius 3 is 1.97 bits per heavy atom. The Hall–Kier alpha value is -3.81. The molecule has 0 aliphatic rings. The van der Waals surface area contributed by atoms with E-state index in [0.717, 1.165) is 23.3 Å². The van der Waals surface area contributed by atoms with E-state index in [2.05, 4.69) is 5.32 Å². The van der Waals surface area contributed by atoms with Gasteiger partial charge in [-0.2, -0.15) is 13.2 Å². The van der Waals surface area contributed by atoms with E-state index in [-0.39, 0.29) is 11.9 Å². The van der Waals surface area contributed by atoms with Crippen LogP contribution in [0.15, 0.2) is 66.7 Å². The number of aliphatic carboxylic acids is 1. The quantitative estimate of drug-likeness (QED) is 0.357. The molecule has 0 aromatic heterocycles. The molecule has 3 aromatic carbocycles. The van der Waals surface area contributed by atoms with E-state index in [4.69, 9.17) is 4.74 Å². The van der Waals surface area contributed by atoms with E-state index >= 15 is 0 Å². The average Bonchev–Trinajstić information content (AvgIpc) is 2.83. The van der Waals surface area contributed by atoms with Crippen molar-refractivity contribution in [1.82, 2.24) is 5.32 Å². The molecular formula is C28H28F3NO4. The molecule has 3 rings (SSSR count).